The first kappa shape index (κ1) is 23.5. The van der Waals surface area contributed by atoms with E-state index >= 15 is 0 Å². The standard InChI is InChI=1S/C22H23ClN2O4S2/c1-15-17-10-6-7-11-18(17)24-20(21(15)23)14-29-22(26)19(12-13-30-2)25-31(27,28)16-8-4-3-5-9-16/h3-11,19,25H,12-14H2,1-2H3. The van der Waals surface area contributed by atoms with Crippen LogP contribution in [-0.4, -0.2) is 37.4 Å². The number of esters is 1. The maximum atomic E-state index is 12.8. The first-order valence-corrected chi connectivity index (χ1v) is 12.9. The van der Waals surface area contributed by atoms with E-state index in [1.165, 1.54) is 23.9 Å². The number of thioether (sulfide) groups is 1. The fraction of sp³-hybridized carbons (Fsp3) is 0.273. The lowest BCUT2D eigenvalue weighted by Crippen LogP contribution is -2.42. The van der Waals surface area contributed by atoms with Gasteiger partial charge in [-0.25, -0.2) is 13.4 Å². The van der Waals surface area contributed by atoms with Gasteiger partial charge in [-0.2, -0.15) is 16.5 Å². The predicted octanol–water partition coefficient (Wildman–Crippen LogP) is 4.34. The number of pyridine rings is 1. The molecule has 6 nitrogen and oxygen atoms in total. The molecule has 0 spiro atoms. The van der Waals surface area contributed by atoms with E-state index in [1.807, 2.05) is 37.4 Å². The number of ether oxygens (including phenoxy) is 1. The average Bonchev–Trinajstić information content (AvgIpc) is 2.78. The summed E-state index contributed by atoms with van der Waals surface area (Å²) in [5, 5.41) is 1.35. The van der Waals surface area contributed by atoms with Crippen molar-refractivity contribution in [2.45, 2.75) is 30.9 Å². The third kappa shape index (κ3) is 5.77. The second-order valence-electron chi connectivity index (χ2n) is 6.89. The summed E-state index contributed by atoms with van der Waals surface area (Å²) in [6.07, 6.45) is 2.18. The Balaban J connectivity index is 1.77. The third-order valence-electron chi connectivity index (χ3n) is 4.74. The minimum absolute atomic E-state index is 0.0896. The smallest absolute Gasteiger partial charge is 0.324 e. The number of halogens is 1. The quantitative estimate of drug-likeness (QED) is 0.460. The molecule has 0 saturated heterocycles. The van der Waals surface area contributed by atoms with Crippen LogP contribution in [0.1, 0.15) is 17.7 Å². The second-order valence-corrected chi connectivity index (χ2v) is 9.97. The van der Waals surface area contributed by atoms with E-state index in [-0.39, 0.29) is 11.5 Å². The van der Waals surface area contributed by atoms with E-state index in [1.54, 1.807) is 18.2 Å². The molecule has 2 aromatic carbocycles. The lowest BCUT2D eigenvalue weighted by molar-refractivity contribution is -0.147. The van der Waals surface area contributed by atoms with Crippen LogP contribution in [-0.2, 0) is 26.2 Å². The van der Waals surface area contributed by atoms with Crippen LogP contribution in [0.4, 0.5) is 0 Å². The molecule has 3 rings (SSSR count). The molecule has 0 fully saturated rings. The molecule has 1 N–H and O–H groups in total. The first-order chi connectivity index (χ1) is 14.8. The molecule has 3 aromatic rings. The molecule has 0 amide bonds. The number of nitrogens with zero attached hydrogens (tertiary/aromatic N) is 1. The Morgan fingerprint density at radius 2 is 1.84 bits per heavy atom. The fourth-order valence-corrected chi connectivity index (χ4v) is 4.98. The molecule has 0 aliphatic heterocycles. The highest BCUT2D eigenvalue weighted by Gasteiger charge is 2.27. The van der Waals surface area contributed by atoms with Gasteiger partial charge in [-0.05, 0) is 49.1 Å². The number of sulfonamides is 1. The molecule has 164 valence electrons. The Hall–Kier alpha value is -2.13. The number of nitrogens with one attached hydrogen (secondary N) is 1. The normalized spacial score (nSPS) is 12.6. The Morgan fingerprint density at radius 1 is 1.16 bits per heavy atom. The molecule has 0 aliphatic rings. The molecule has 0 saturated carbocycles. The van der Waals surface area contributed by atoms with Crippen molar-refractivity contribution in [1.29, 1.82) is 0 Å². The van der Waals surface area contributed by atoms with Gasteiger partial charge < -0.3 is 4.74 Å². The van der Waals surface area contributed by atoms with Crippen molar-refractivity contribution < 1.29 is 17.9 Å². The number of carbonyl (C=O) groups excluding carboxylic acids is 1. The van der Waals surface area contributed by atoms with Crippen LogP contribution in [0.3, 0.4) is 0 Å². The summed E-state index contributed by atoms with van der Waals surface area (Å²) >= 11 is 7.95. The van der Waals surface area contributed by atoms with E-state index in [0.29, 0.717) is 22.9 Å². The van der Waals surface area contributed by atoms with E-state index < -0.39 is 22.0 Å². The number of aromatic nitrogens is 1. The van der Waals surface area contributed by atoms with Gasteiger partial charge in [0.2, 0.25) is 10.0 Å². The van der Waals surface area contributed by atoms with Crippen LogP contribution in [0, 0.1) is 6.92 Å². The molecule has 1 unspecified atom stereocenters. The highest BCUT2D eigenvalue weighted by Crippen LogP contribution is 2.27. The highest BCUT2D eigenvalue weighted by atomic mass is 35.5. The maximum absolute atomic E-state index is 12.8. The molecule has 31 heavy (non-hydrogen) atoms. The minimum atomic E-state index is -3.86. The van der Waals surface area contributed by atoms with Crippen LogP contribution in [0.2, 0.25) is 5.02 Å². The van der Waals surface area contributed by atoms with Crippen LogP contribution in [0.5, 0.6) is 0 Å². The van der Waals surface area contributed by atoms with E-state index in [4.69, 9.17) is 16.3 Å². The van der Waals surface area contributed by atoms with Crippen LogP contribution < -0.4 is 4.72 Å². The summed E-state index contributed by atoms with van der Waals surface area (Å²) in [4.78, 5) is 17.4. The van der Waals surface area contributed by atoms with Crippen molar-refractivity contribution >= 4 is 50.3 Å². The van der Waals surface area contributed by atoms with E-state index in [2.05, 4.69) is 9.71 Å². The number of hydrogen-bond acceptors (Lipinski definition) is 6. The Kier molecular flexibility index (Phi) is 7.94. The van der Waals surface area contributed by atoms with Crippen molar-refractivity contribution in [1.82, 2.24) is 9.71 Å². The average molecular weight is 479 g/mol. The molecule has 0 bridgehead atoms. The Morgan fingerprint density at radius 3 is 2.55 bits per heavy atom. The van der Waals surface area contributed by atoms with Gasteiger partial charge in [-0.1, -0.05) is 48.0 Å². The summed E-state index contributed by atoms with van der Waals surface area (Å²) in [5.41, 5.74) is 2.03. The number of para-hydroxylation sites is 1. The molecule has 1 heterocycles. The summed E-state index contributed by atoms with van der Waals surface area (Å²) in [6.45, 7) is 1.74. The zero-order valence-corrected chi connectivity index (χ0v) is 19.6. The molecule has 1 atom stereocenters. The second kappa shape index (κ2) is 10.5. The largest absolute Gasteiger partial charge is 0.458 e. The van der Waals surface area contributed by atoms with Crippen molar-refractivity contribution in [2.75, 3.05) is 12.0 Å². The fourth-order valence-electron chi connectivity index (χ4n) is 3.07. The Labute approximate surface area is 191 Å². The van der Waals surface area contributed by atoms with Gasteiger partial charge in [0, 0.05) is 5.39 Å². The van der Waals surface area contributed by atoms with Gasteiger partial charge >= 0.3 is 5.97 Å². The molecular formula is C22H23ClN2O4S2. The van der Waals surface area contributed by atoms with E-state index in [9.17, 15) is 13.2 Å². The van der Waals surface area contributed by atoms with Crippen LogP contribution in [0.15, 0.2) is 59.5 Å². The molecular weight excluding hydrogens is 456 g/mol. The molecule has 9 heteroatoms. The van der Waals surface area contributed by atoms with Gasteiger partial charge in [-0.3, -0.25) is 4.79 Å². The molecule has 0 radical (unpaired) electrons. The minimum Gasteiger partial charge on any atom is -0.458 e. The molecule has 1 aromatic heterocycles. The lowest BCUT2D eigenvalue weighted by atomic mass is 10.1. The number of aryl methyl sites for hydroxylation is 1. The number of benzene rings is 2. The number of hydrogen-bond donors (Lipinski definition) is 1. The zero-order valence-electron chi connectivity index (χ0n) is 17.2. The van der Waals surface area contributed by atoms with Crippen molar-refractivity contribution in [2.24, 2.45) is 0 Å². The SMILES string of the molecule is CSCCC(NS(=O)(=O)c1ccccc1)C(=O)OCc1nc2ccccc2c(C)c1Cl. The lowest BCUT2D eigenvalue weighted by Gasteiger charge is -2.18. The Bertz CT molecular complexity index is 1170. The summed E-state index contributed by atoms with van der Waals surface area (Å²) in [7, 11) is -3.86. The van der Waals surface area contributed by atoms with Gasteiger partial charge in [0.25, 0.3) is 0 Å². The van der Waals surface area contributed by atoms with Crippen molar-refractivity contribution in [3.63, 3.8) is 0 Å². The first-order valence-electron chi connectivity index (χ1n) is 9.60. The topological polar surface area (TPSA) is 85.4 Å². The monoisotopic (exact) mass is 478 g/mol. The predicted molar refractivity (Wildman–Crippen MR) is 125 cm³/mol. The maximum Gasteiger partial charge on any atom is 0.324 e. The third-order valence-corrected chi connectivity index (χ3v) is 7.38. The van der Waals surface area contributed by atoms with Gasteiger partial charge in [0.15, 0.2) is 0 Å². The van der Waals surface area contributed by atoms with Crippen LogP contribution in [0.25, 0.3) is 10.9 Å². The van der Waals surface area contributed by atoms with Gasteiger partial charge in [0.05, 0.1) is 21.1 Å². The van der Waals surface area contributed by atoms with Crippen molar-refractivity contribution in [3.8, 4) is 0 Å². The van der Waals surface area contributed by atoms with E-state index in [0.717, 1.165) is 16.5 Å². The van der Waals surface area contributed by atoms with Gasteiger partial charge in [0.1, 0.15) is 12.6 Å². The van der Waals surface area contributed by atoms with Gasteiger partial charge in [-0.15, -0.1) is 0 Å². The summed E-state index contributed by atoms with van der Waals surface area (Å²) in [5.74, 6) is -0.0808. The van der Waals surface area contributed by atoms with Crippen molar-refractivity contribution in [3.05, 3.63) is 70.9 Å². The summed E-state index contributed by atoms with van der Waals surface area (Å²) < 4.78 is 33.2. The summed E-state index contributed by atoms with van der Waals surface area (Å²) in [6, 6.07) is 14.5. The number of carbonyl (C=O) groups is 1. The number of rotatable bonds is 9. The number of fused-ring (bicyclic) bond motifs is 1. The van der Waals surface area contributed by atoms with Crippen LogP contribution >= 0.6 is 23.4 Å². The zero-order chi connectivity index (χ0) is 22.4. The molecule has 0 aliphatic carbocycles. The highest BCUT2D eigenvalue weighted by molar-refractivity contribution is 7.98.